The minimum absolute atomic E-state index is 0.341. The highest BCUT2D eigenvalue weighted by Crippen LogP contribution is 2.34. The van der Waals surface area contributed by atoms with Crippen LogP contribution in [0.2, 0.25) is 0 Å². The van der Waals surface area contributed by atoms with Gasteiger partial charge in [-0.05, 0) is 70.9 Å². The van der Waals surface area contributed by atoms with Crippen LogP contribution in [0.3, 0.4) is 0 Å². The average Bonchev–Trinajstić information content (AvgIpc) is 3.74. The fraction of sp³-hybridized carbons (Fsp3) is 0.667. The van der Waals surface area contributed by atoms with E-state index in [4.69, 9.17) is 25.5 Å². The smallest absolute Gasteiger partial charge is 0.151 e. The normalized spacial score (nSPS) is 22.7. The topological polar surface area (TPSA) is 110 Å². The van der Waals surface area contributed by atoms with Gasteiger partial charge >= 0.3 is 0 Å². The quantitative estimate of drug-likeness (QED) is 0.457. The maximum Gasteiger partial charge on any atom is 0.151 e. The predicted molar refractivity (Wildman–Crippen MR) is 157 cm³/mol. The molecule has 4 fully saturated rings. The predicted octanol–water partition coefficient (Wildman–Crippen LogP) is 3.89. The highest BCUT2D eigenvalue weighted by Gasteiger charge is 2.34. The molecule has 10 heteroatoms. The number of aromatic nitrogens is 5. The van der Waals surface area contributed by atoms with Gasteiger partial charge in [-0.3, -0.25) is 4.68 Å². The van der Waals surface area contributed by atoms with E-state index >= 15 is 0 Å². The second kappa shape index (κ2) is 11.2. The summed E-state index contributed by atoms with van der Waals surface area (Å²) in [6.07, 6.45) is 16.5. The third-order valence-electron chi connectivity index (χ3n) is 9.56. The number of nitrogens with two attached hydrogens (primary N) is 1. The first kappa shape index (κ1) is 26.1. The van der Waals surface area contributed by atoms with E-state index in [2.05, 4.69) is 37.9 Å². The zero-order valence-electron chi connectivity index (χ0n) is 23.8. The van der Waals surface area contributed by atoms with Crippen molar-refractivity contribution in [2.75, 3.05) is 50.4 Å². The first-order valence-corrected chi connectivity index (χ1v) is 15.5. The second-order valence-electron chi connectivity index (χ2n) is 12.1. The number of ether oxygens (including phenoxy) is 1. The lowest BCUT2D eigenvalue weighted by atomic mass is 9.98. The number of anilines is 2. The van der Waals surface area contributed by atoms with E-state index in [0.717, 1.165) is 98.6 Å². The maximum absolute atomic E-state index is 6.30. The van der Waals surface area contributed by atoms with Crippen LogP contribution in [-0.2, 0) is 11.2 Å². The van der Waals surface area contributed by atoms with E-state index in [-0.39, 0.29) is 0 Å². The van der Waals surface area contributed by atoms with Gasteiger partial charge in [0, 0.05) is 67.9 Å². The maximum atomic E-state index is 6.30. The molecular weight excluding hydrogens is 502 g/mol. The third-order valence-corrected chi connectivity index (χ3v) is 9.56. The van der Waals surface area contributed by atoms with Crippen molar-refractivity contribution in [3.8, 4) is 11.1 Å². The summed E-state index contributed by atoms with van der Waals surface area (Å²) >= 11 is 0. The SMILES string of the molecule is CCc1nc2c(N)ncc(-c3cnn(C4CCN(C5CCN(C6CC6)CC5)CC4)c3)c2nc1NC1CCOCC1. The van der Waals surface area contributed by atoms with E-state index in [1.54, 1.807) is 0 Å². The molecule has 0 aromatic carbocycles. The van der Waals surface area contributed by atoms with Gasteiger partial charge in [0.15, 0.2) is 5.82 Å². The van der Waals surface area contributed by atoms with Crippen LogP contribution >= 0.6 is 0 Å². The minimum atomic E-state index is 0.341. The number of hydrogen-bond donors (Lipinski definition) is 2. The number of pyridine rings is 1. The van der Waals surface area contributed by atoms with Gasteiger partial charge in [0.1, 0.15) is 16.9 Å². The molecule has 0 radical (unpaired) electrons. The third kappa shape index (κ3) is 5.29. The molecule has 0 bridgehead atoms. The van der Waals surface area contributed by atoms with Crippen LogP contribution in [0.15, 0.2) is 18.6 Å². The van der Waals surface area contributed by atoms with Crippen molar-refractivity contribution in [2.45, 2.75) is 88.9 Å². The van der Waals surface area contributed by atoms with Crippen molar-refractivity contribution in [2.24, 2.45) is 0 Å². The molecule has 10 nitrogen and oxygen atoms in total. The highest BCUT2D eigenvalue weighted by molar-refractivity contribution is 5.96. The zero-order valence-corrected chi connectivity index (χ0v) is 23.8. The van der Waals surface area contributed by atoms with Crippen LogP contribution in [0.5, 0.6) is 0 Å². The lowest BCUT2D eigenvalue weighted by molar-refractivity contribution is 0.0749. The monoisotopic (exact) mass is 545 g/mol. The number of piperidine rings is 2. The number of aryl methyl sites for hydroxylation is 1. The number of rotatable bonds is 7. The van der Waals surface area contributed by atoms with Gasteiger partial charge in [-0.2, -0.15) is 5.10 Å². The van der Waals surface area contributed by atoms with Crippen LogP contribution in [0.4, 0.5) is 11.6 Å². The molecule has 3 N–H and O–H groups in total. The lowest BCUT2D eigenvalue weighted by Gasteiger charge is -2.42. The Bertz CT molecular complexity index is 1320. The van der Waals surface area contributed by atoms with Gasteiger partial charge in [-0.25, -0.2) is 15.0 Å². The molecule has 7 rings (SSSR count). The van der Waals surface area contributed by atoms with Gasteiger partial charge in [-0.15, -0.1) is 0 Å². The molecule has 6 heterocycles. The Balaban J connectivity index is 1.07. The van der Waals surface area contributed by atoms with Crippen LogP contribution in [0.25, 0.3) is 22.2 Å². The summed E-state index contributed by atoms with van der Waals surface area (Å²) in [4.78, 5) is 20.0. The molecule has 214 valence electrons. The number of nitrogen functional groups attached to an aromatic ring is 1. The lowest BCUT2D eigenvalue weighted by Crippen LogP contribution is -2.48. The highest BCUT2D eigenvalue weighted by atomic mass is 16.5. The van der Waals surface area contributed by atoms with Crippen molar-refractivity contribution in [3.63, 3.8) is 0 Å². The molecule has 0 amide bonds. The summed E-state index contributed by atoms with van der Waals surface area (Å²) in [5, 5.41) is 8.47. The first-order valence-electron chi connectivity index (χ1n) is 15.5. The summed E-state index contributed by atoms with van der Waals surface area (Å²) < 4.78 is 7.71. The number of fused-ring (bicyclic) bond motifs is 1. The Morgan fingerprint density at radius 1 is 0.850 bits per heavy atom. The van der Waals surface area contributed by atoms with Crippen molar-refractivity contribution in [1.82, 2.24) is 34.5 Å². The van der Waals surface area contributed by atoms with E-state index in [9.17, 15) is 0 Å². The van der Waals surface area contributed by atoms with Gasteiger partial charge in [-0.1, -0.05) is 6.92 Å². The summed E-state index contributed by atoms with van der Waals surface area (Å²) in [5.41, 5.74) is 10.6. The Morgan fingerprint density at radius 2 is 1.52 bits per heavy atom. The van der Waals surface area contributed by atoms with Gasteiger partial charge in [0.25, 0.3) is 0 Å². The molecule has 3 aromatic rings. The molecule has 1 saturated carbocycles. The molecule has 1 aliphatic carbocycles. The molecule has 3 saturated heterocycles. The van der Waals surface area contributed by atoms with Crippen LogP contribution in [-0.4, -0.2) is 92.1 Å². The Hall–Kier alpha value is -2.82. The number of hydrogen-bond acceptors (Lipinski definition) is 9. The van der Waals surface area contributed by atoms with Crippen LogP contribution < -0.4 is 11.1 Å². The van der Waals surface area contributed by atoms with Crippen LogP contribution in [0.1, 0.15) is 70.0 Å². The number of likely N-dealkylation sites (tertiary alicyclic amines) is 2. The largest absolute Gasteiger partial charge is 0.382 e. The Labute approximate surface area is 236 Å². The van der Waals surface area contributed by atoms with E-state index in [1.807, 2.05) is 12.4 Å². The minimum Gasteiger partial charge on any atom is -0.382 e. The molecule has 3 aromatic heterocycles. The van der Waals surface area contributed by atoms with Gasteiger partial charge in [0.2, 0.25) is 0 Å². The fourth-order valence-corrected chi connectivity index (χ4v) is 6.95. The first-order chi connectivity index (χ1) is 19.7. The fourth-order valence-electron chi connectivity index (χ4n) is 6.95. The molecule has 0 atom stereocenters. The van der Waals surface area contributed by atoms with Crippen molar-refractivity contribution >= 4 is 22.7 Å². The molecule has 4 aliphatic rings. The van der Waals surface area contributed by atoms with E-state index in [0.29, 0.717) is 23.4 Å². The van der Waals surface area contributed by atoms with E-state index in [1.165, 1.54) is 38.8 Å². The van der Waals surface area contributed by atoms with Gasteiger partial charge < -0.3 is 25.6 Å². The average molecular weight is 546 g/mol. The Kier molecular flexibility index (Phi) is 7.32. The summed E-state index contributed by atoms with van der Waals surface area (Å²) in [5.74, 6) is 1.26. The zero-order chi connectivity index (χ0) is 27.1. The Morgan fingerprint density at radius 3 is 2.20 bits per heavy atom. The summed E-state index contributed by atoms with van der Waals surface area (Å²) in [6, 6.07) is 2.43. The molecule has 40 heavy (non-hydrogen) atoms. The van der Waals surface area contributed by atoms with Gasteiger partial charge in [0.05, 0.1) is 17.9 Å². The number of nitrogens with one attached hydrogen (secondary N) is 1. The number of nitrogens with zero attached hydrogens (tertiary/aromatic N) is 7. The molecular formula is C30H43N9O. The standard InChI is InChI=1S/C30H43N9O/c1-2-26-30(34-21-9-15-40-16-10-21)36-27-25(18-32-29(31)28(27)35-26)20-17-33-39(19-20)24-7-13-38(14-8-24)23-5-11-37(12-6-23)22-3-4-22/h17-19,21-24H,2-16H2,1H3,(H2,31,32)(H,34,36). The van der Waals surface area contributed by atoms with E-state index < -0.39 is 0 Å². The molecule has 3 aliphatic heterocycles. The summed E-state index contributed by atoms with van der Waals surface area (Å²) in [6.45, 7) is 8.55. The molecule has 0 unspecified atom stereocenters. The van der Waals surface area contributed by atoms with Crippen molar-refractivity contribution in [3.05, 3.63) is 24.3 Å². The molecule has 0 spiro atoms. The van der Waals surface area contributed by atoms with Crippen molar-refractivity contribution < 1.29 is 4.74 Å². The summed E-state index contributed by atoms with van der Waals surface area (Å²) in [7, 11) is 0. The van der Waals surface area contributed by atoms with Crippen LogP contribution in [0, 0.1) is 0 Å². The second-order valence-corrected chi connectivity index (χ2v) is 12.1. The van der Waals surface area contributed by atoms with Crippen molar-refractivity contribution in [1.29, 1.82) is 0 Å².